The molecule has 6 heteroatoms. The zero-order valence-corrected chi connectivity index (χ0v) is 15.0. The third-order valence-electron chi connectivity index (χ3n) is 5.95. The van der Waals surface area contributed by atoms with Crippen LogP contribution in [0, 0.1) is 0 Å². The van der Waals surface area contributed by atoms with Gasteiger partial charge in [-0.3, -0.25) is 9.59 Å². The van der Waals surface area contributed by atoms with Crippen molar-refractivity contribution in [2.45, 2.75) is 63.2 Å². The summed E-state index contributed by atoms with van der Waals surface area (Å²) in [5.41, 5.74) is 1.77. The molecular weight excluding hydrogens is 318 g/mol. The zero-order valence-electron chi connectivity index (χ0n) is 15.0. The van der Waals surface area contributed by atoms with Crippen molar-refractivity contribution in [3.63, 3.8) is 0 Å². The number of piperidine rings is 1. The van der Waals surface area contributed by atoms with Gasteiger partial charge in [0.1, 0.15) is 5.82 Å². The van der Waals surface area contributed by atoms with Crippen molar-refractivity contribution in [2.24, 2.45) is 0 Å². The first-order valence-corrected chi connectivity index (χ1v) is 9.62. The van der Waals surface area contributed by atoms with Crippen LogP contribution in [0.3, 0.4) is 0 Å². The smallest absolute Gasteiger partial charge is 0.254 e. The van der Waals surface area contributed by atoms with Crippen LogP contribution in [-0.4, -0.2) is 47.1 Å². The van der Waals surface area contributed by atoms with E-state index in [1.165, 1.54) is 0 Å². The van der Waals surface area contributed by atoms with Crippen LogP contribution in [0.25, 0.3) is 0 Å². The minimum absolute atomic E-state index is 0.0450. The lowest BCUT2D eigenvalue weighted by molar-refractivity contribution is -0.134. The second-order valence-corrected chi connectivity index (χ2v) is 7.70. The summed E-state index contributed by atoms with van der Waals surface area (Å²) in [6.07, 6.45) is 6.40. The predicted molar refractivity (Wildman–Crippen MR) is 93.8 cm³/mol. The Kier molecular flexibility index (Phi) is 4.40. The van der Waals surface area contributed by atoms with Crippen LogP contribution in [0.15, 0.2) is 4.79 Å². The Morgan fingerprint density at radius 3 is 3.00 bits per heavy atom. The van der Waals surface area contributed by atoms with Crippen LogP contribution < -0.4 is 5.56 Å². The molecule has 1 spiro atoms. The third-order valence-corrected chi connectivity index (χ3v) is 5.95. The number of hydrogen-bond acceptors (Lipinski definition) is 4. The molecule has 1 saturated carbocycles. The van der Waals surface area contributed by atoms with Gasteiger partial charge in [-0.05, 0) is 45.4 Å². The number of aromatic nitrogens is 2. The standard InChI is InChI=1S/C19H27N3O3/c1-2-25-11-7-15(23)22-10-3-8-19(12-22)9-6-14-16(19)20-17(13-4-5-13)21-18(14)24/h13H,2-12H2,1H3,(H,20,21,24). The predicted octanol–water partition coefficient (Wildman–Crippen LogP) is 1.88. The largest absolute Gasteiger partial charge is 0.381 e. The van der Waals surface area contributed by atoms with Crippen LogP contribution >= 0.6 is 0 Å². The molecule has 2 aliphatic carbocycles. The molecular formula is C19H27N3O3. The molecule has 1 aromatic rings. The molecule has 1 aromatic heterocycles. The number of nitrogens with one attached hydrogen (secondary N) is 1. The van der Waals surface area contributed by atoms with Gasteiger partial charge >= 0.3 is 0 Å². The molecule has 1 amide bonds. The number of hydrogen-bond donors (Lipinski definition) is 1. The summed E-state index contributed by atoms with van der Waals surface area (Å²) in [5.74, 6) is 1.46. The Labute approximate surface area is 148 Å². The maximum Gasteiger partial charge on any atom is 0.254 e. The average molecular weight is 345 g/mol. The van der Waals surface area contributed by atoms with Gasteiger partial charge in [-0.15, -0.1) is 0 Å². The molecule has 1 aliphatic heterocycles. The van der Waals surface area contributed by atoms with Gasteiger partial charge < -0.3 is 14.6 Å². The highest BCUT2D eigenvalue weighted by Crippen LogP contribution is 2.45. The van der Waals surface area contributed by atoms with E-state index in [2.05, 4.69) is 4.98 Å². The number of carbonyl (C=O) groups is 1. The summed E-state index contributed by atoms with van der Waals surface area (Å²) in [7, 11) is 0. The Balaban J connectivity index is 1.57. The number of nitrogens with zero attached hydrogens (tertiary/aromatic N) is 2. The van der Waals surface area contributed by atoms with Gasteiger partial charge in [-0.25, -0.2) is 4.98 Å². The topological polar surface area (TPSA) is 75.3 Å². The van der Waals surface area contributed by atoms with E-state index in [0.717, 1.165) is 62.2 Å². The summed E-state index contributed by atoms with van der Waals surface area (Å²) in [6, 6.07) is 0. The number of rotatable bonds is 5. The van der Waals surface area contributed by atoms with E-state index in [4.69, 9.17) is 9.72 Å². The van der Waals surface area contributed by atoms with Gasteiger partial charge in [-0.2, -0.15) is 0 Å². The number of ether oxygens (including phenoxy) is 1. The van der Waals surface area contributed by atoms with Gasteiger partial charge in [0.15, 0.2) is 0 Å². The normalized spacial score (nSPS) is 25.4. The minimum Gasteiger partial charge on any atom is -0.381 e. The Morgan fingerprint density at radius 2 is 2.24 bits per heavy atom. The SMILES string of the molecule is CCOCCC(=O)N1CCCC2(CCc3c2nc(C2CC2)[nH]c3=O)C1. The fourth-order valence-electron chi connectivity index (χ4n) is 4.42. The Hall–Kier alpha value is -1.69. The molecule has 0 aromatic carbocycles. The van der Waals surface area contributed by atoms with Crippen LogP contribution in [0.1, 0.15) is 68.4 Å². The van der Waals surface area contributed by atoms with E-state index in [-0.39, 0.29) is 16.9 Å². The summed E-state index contributed by atoms with van der Waals surface area (Å²) in [6.45, 7) is 4.57. The monoisotopic (exact) mass is 345 g/mol. The van der Waals surface area contributed by atoms with E-state index >= 15 is 0 Å². The van der Waals surface area contributed by atoms with E-state index in [1.807, 2.05) is 11.8 Å². The summed E-state index contributed by atoms with van der Waals surface area (Å²) >= 11 is 0. The van der Waals surface area contributed by atoms with Gasteiger partial charge in [0.2, 0.25) is 5.91 Å². The Bertz CT molecular complexity index is 725. The molecule has 1 atom stereocenters. The fraction of sp³-hybridized carbons (Fsp3) is 0.737. The lowest BCUT2D eigenvalue weighted by Gasteiger charge is -2.40. The highest BCUT2D eigenvalue weighted by atomic mass is 16.5. The number of carbonyl (C=O) groups excluding carboxylic acids is 1. The molecule has 3 aliphatic rings. The summed E-state index contributed by atoms with van der Waals surface area (Å²) in [4.78, 5) is 34.9. The van der Waals surface area contributed by atoms with E-state index < -0.39 is 0 Å². The van der Waals surface area contributed by atoms with Crippen molar-refractivity contribution in [1.82, 2.24) is 14.9 Å². The second-order valence-electron chi connectivity index (χ2n) is 7.70. The number of likely N-dealkylation sites (tertiary alicyclic amines) is 1. The van der Waals surface area contributed by atoms with Gasteiger partial charge in [0.25, 0.3) is 5.56 Å². The lowest BCUT2D eigenvalue weighted by Crippen LogP contribution is -2.48. The highest BCUT2D eigenvalue weighted by Gasteiger charge is 2.46. The van der Waals surface area contributed by atoms with E-state index in [0.29, 0.717) is 32.1 Å². The van der Waals surface area contributed by atoms with Crippen LogP contribution in [0.4, 0.5) is 0 Å². The lowest BCUT2D eigenvalue weighted by atomic mass is 9.77. The quantitative estimate of drug-likeness (QED) is 0.827. The minimum atomic E-state index is -0.118. The van der Waals surface area contributed by atoms with Crippen LogP contribution in [-0.2, 0) is 21.4 Å². The molecule has 1 saturated heterocycles. The molecule has 136 valence electrons. The first-order chi connectivity index (χ1) is 12.1. The van der Waals surface area contributed by atoms with Crippen molar-refractivity contribution in [2.75, 3.05) is 26.3 Å². The molecule has 4 rings (SSSR count). The maximum atomic E-state index is 12.5. The number of H-pyrrole nitrogens is 1. The number of amides is 1. The highest BCUT2D eigenvalue weighted by molar-refractivity contribution is 5.76. The molecule has 0 radical (unpaired) electrons. The van der Waals surface area contributed by atoms with E-state index in [1.54, 1.807) is 0 Å². The molecule has 6 nitrogen and oxygen atoms in total. The van der Waals surface area contributed by atoms with Crippen LogP contribution in [0.5, 0.6) is 0 Å². The van der Waals surface area contributed by atoms with Crippen molar-refractivity contribution < 1.29 is 9.53 Å². The van der Waals surface area contributed by atoms with Gasteiger partial charge in [0, 0.05) is 36.6 Å². The van der Waals surface area contributed by atoms with Crippen molar-refractivity contribution in [3.8, 4) is 0 Å². The van der Waals surface area contributed by atoms with Gasteiger partial charge in [-0.1, -0.05) is 0 Å². The molecule has 2 heterocycles. The van der Waals surface area contributed by atoms with E-state index in [9.17, 15) is 9.59 Å². The summed E-state index contributed by atoms with van der Waals surface area (Å²) in [5, 5.41) is 0. The zero-order chi connectivity index (χ0) is 17.4. The van der Waals surface area contributed by atoms with Crippen molar-refractivity contribution in [1.29, 1.82) is 0 Å². The first-order valence-electron chi connectivity index (χ1n) is 9.62. The fourth-order valence-corrected chi connectivity index (χ4v) is 4.42. The molecule has 0 bridgehead atoms. The van der Waals surface area contributed by atoms with Crippen molar-refractivity contribution >= 4 is 5.91 Å². The third kappa shape index (κ3) is 3.12. The first kappa shape index (κ1) is 16.8. The maximum absolute atomic E-state index is 12.5. The molecule has 1 N–H and O–H groups in total. The van der Waals surface area contributed by atoms with Crippen molar-refractivity contribution in [3.05, 3.63) is 27.4 Å². The number of aromatic amines is 1. The molecule has 2 fully saturated rings. The molecule has 25 heavy (non-hydrogen) atoms. The average Bonchev–Trinajstić information content (AvgIpc) is 3.41. The van der Waals surface area contributed by atoms with Gasteiger partial charge in [0.05, 0.1) is 18.7 Å². The molecule has 1 unspecified atom stereocenters. The Morgan fingerprint density at radius 1 is 1.40 bits per heavy atom. The number of fused-ring (bicyclic) bond motifs is 2. The van der Waals surface area contributed by atoms with Crippen LogP contribution in [0.2, 0.25) is 0 Å². The summed E-state index contributed by atoms with van der Waals surface area (Å²) < 4.78 is 5.33. The second kappa shape index (κ2) is 6.56.